The zero-order valence-electron chi connectivity index (χ0n) is 13.4. The van der Waals surface area contributed by atoms with Gasteiger partial charge in [0.25, 0.3) is 0 Å². The number of methoxy groups -OCH3 is 1. The third kappa shape index (κ3) is 3.65. The van der Waals surface area contributed by atoms with Crippen LogP contribution in [-0.2, 0) is 16.5 Å². The molecule has 2 aromatic rings. The third-order valence-corrected chi connectivity index (χ3v) is 5.25. The molecule has 0 aliphatic heterocycles. The van der Waals surface area contributed by atoms with Crippen molar-refractivity contribution in [1.29, 1.82) is 0 Å². The predicted molar refractivity (Wildman–Crippen MR) is 99.1 cm³/mol. The third-order valence-electron chi connectivity index (χ3n) is 4.33. The van der Waals surface area contributed by atoms with Gasteiger partial charge in [-0.25, -0.2) is 8.42 Å². The van der Waals surface area contributed by atoms with Crippen LogP contribution < -0.4 is 4.74 Å². The van der Waals surface area contributed by atoms with Crippen LogP contribution in [0.25, 0.3) is 11.1 Å². The topological polar surface area (TPSA) is 43.4 Å². The zero-order chi connectivity index (χ0) is 17.1. The standard InChI is InChI=1S/C19H19ClO3S/c1-23-19-10-9-15(11-18(19)20)17-4-2-3-16(17)14-7-5-13(6-8-14)12-24(21)22/h5-11,24H,2-4,12H2,1H3. The van der Waals surface area contributed by atoms with Gasteiger partial charge in [0, 0.05) is 0 Å². The van der Waals surface area contributed by atoms with E-state index in [-0.39, 0.29) is 5.75 Å². The fourth-order valence-electron chi connectivity index (χ4n) is 3.20. The average Bonchev–Trinajstić information content (AvgIpc) is 3.04. The summed E-state index contributed by atoms with van der Waals surface area (Å²) in [6.07, 6.45) is 3.16. The molecule has 24 heavy (non-hydrogen) atoms. The SMILES string of the molecule is COc1ccc(C2=C(c3ccc(C[SH](=O)=O)cc3)CCC2)cc1Cl. The van der Waals surface area contributed by atoms with Crippen LogP contribution in [0.2, 0.25) is 5.02 Å². The molecule has 126 valence electrons. The molecule has 2 aromatic carbocycles. The van der Waals surface area contributed by atoms with E-state index in [0.717, 1.165) is 36.0 Å². The highest BCUT2D eigenvalue weighted by Crippen LogP contribution is 2.41. The molecule has 0 aromatic heterocycles. The molecule has 1 aliphatic rings. The molecule has 3 nitrogen and oxygen atoms in total. The molecule has 3 rings (SSSR count). The lowest BCUT2D eigenvalue weighted by atomic mass is 9.96. The summed E-state index contributed by atoms with van der Waals surface area (Å²) in [5.74, 6) is 0.770. The first-order valence-corrected chi connectivity index (χ1v) is 9.59. The molecule has 0 bridgehead atoms. The number of allylic oxidation sites excluding steroid dienone is 2. The Labute approximate surface area is 148 Å². The van der Waals surface area contributed by atoms with Gasteiger partial charge >= 0.3 is 0 Å². The van der Waals surface area contributed by atoms with Gasteiger partial charge in [-0.15, -0.1) is 0 Å². The van der Waals surface area contributed by atoms with E-state index in [1.165, 1.54) is 11.1 Å². The number of rotatable bonds is 5. The van der Waals surface area contributed by atoms with Gasteiger partial charge in [0.2, 0.25) is 0 Å². The molecular formula is C19H19ClO3S. The number of thiol groups is 1. The Hall–Kier alpha value is -1.78. The number of hydrogen-bond acceptors (Lipinski definition) is 3. The second kappa shape index (κ2) is 7.41. The van der Waals surface area contributed by atoms with Crippen molar-refractivity contribution in [3.05, 3.63) is 64.2 Å². The lowest BCUT2D eigenvalue weighted by Crippen LogP contribution is -1.91. The van der Waals surface area contributed by atoms with E-state index in [0.29, 0.717) is 10.8 Å². The predicted octanol–water partition coefficient (Wildman–Crippen LogP) is 4.55. The molecule has 0 unspecified atom stereocenters. The highest BCUT2D eigenvalue weighted by atomic mass is 35.5. The number of ether oxygens (including phenoxy) is 1. The summed E-state index contributed by atoms with van der Waals surface area (Å²) < 4.78 is 26.9. The molecule has 0 radical (unpaired) electrons. The largest absolute Gasteiger partial charge is 0.495 e. The molecule has 0 N–H and O–H groups in total. The molecule has 1 aliphatic carbocycles. The molecule has 0 fully saturated rings. The van der Waals surface area contributed by atoms with E-state index in [2.05, 4.69) is 0 Å². The number of benzene rings is 2. The fourth-order valence-corrected chi connectivity index (χ4v) is 3.96. The van der Waals surface area contributed by atoms with Crippen molar-refractivity contribution in [2.75, 3.05) is 7.11 Å². The molecule has 0 atom stereocenters. The van der Waals surface area contributed by atoms with Crippen LogP contribution in [0.4, 0.5) is 0 Å². The van der Waals surface area contributed by atoms with E-state index in [1.807, 2.05) is 42.5 Å². The van der Waals surface area contributed by atoms with E-state index in [9.17, 15) is 8.42 Å². The molecule has 5 heteroatoms. The first-order chi connectivity index (χ1) is 11.6. The lowest BCUT2D eigenvalue weighted by Gasteiger charge is -2.11. The average molecular weight is 363 g/mol. The van der Waals surface area contributed by atoms with E-state index in [1.54, 1.807) is 7.11 Å². The highest BCUT2D eigenvalue weighted by molar-refractivity contribution is 7.71. The van der Waals surface area contributed by atoms with Crippen LogP contribution >= 0.6 is 11.6 Å². The summed E-state index contributed by atoms with van der Waals surface area (Å²) in [6, 6.07) is 13.7. The minimum absolute atomic E-state index is 0.0929. The van der Waals surface area contributed by atoms with Crippen LogP contribution in [-0.4, -0.2) is 15.5 Å². The molecule has 0 heterocycles. The van der Waals surface area contributed by atoms with E-state index in [4.69, 9.17) is 16.3 Å². The van der Waals surface area contributed by atoms with Gasteiger partial charge < -0.3 is 4.74 Å². The molecule has 0 saturated heterocycles. The molecule has 0 saturated carbocycles. The van der Waals surface area contributed by atoms with Crippen molar-refractivity contribution in [2.24, 2.45) is 0 Å². The van der Waals surface area contributed by atoms with Crippen LogP contribution in [0.1, 0.15) is 36.0 Å². The smallest absolute Gasteiger partial charge is 0.144 e. The summed E-state index contributed by atoms with van der Waals surface area (Å²) in [4.78, 5) is 0. The van der Waals surface area contributed by atoms with Gasteiger partial charge in [0.05, 0.1) is 17.9 Å². The second-order valence-corrected chi connectivity index (χ2v) is 7.24. The van der Waals surface area contributed by atoms with Gasteiger partial charge in [-0.05, 0) is 59.2 Å². The minimum Gasteiger partial charge on any atom is -0.495 e. The van der Waals surface area contributed by atoms with Gasteiger partial charge in [0.15, 0.2) is 0 Å². The normalized spacial score (nSPS) is 14.5. The minimum atomic E-state index is -2.39. The maximum absolute atomic E-state index is 10.8. The van der Waals surface area contributed by atoms with Crippen LogP contribution in [0.15, 0.2) is 42.5 Å². The van der Waals surface area contributed by atoms with Crippen LogP contribution in [0.3, 0.4) is 0 Å². The zero-order valence-corrected chi connectivity index (χ0v) is 15.1. The Morgan fingerprint density at radius 1 is 1.00 bits per heavy atom. The van der Waals surface area contributed by atoms with Crippen molar-refractivity contribution in [3.8, 4) is 5.75 Å². The first kappa shape index (κ1) is 17.1. The van der Waals surface area contributed by atoms with Crippen LogP contribution in [0, 0.1) is 0 Å². The van der Waals surface area contributed by atoms with Gasteiger partial charge in [-0.1, -0.05) is 41.9 Å². The molecule has 0 amide bonds. The number of halogens is 1. The monoisotopic (exact) mass is 362 g/mol. The molecular weight excluding hydrogens is 344 g/mol. The highest BCUT2D eigenvalue weighted by Gasteiger charge is 2.18. The lowest BCUT2D eigenvalue weighted by molar-refractivity contribution is 0.415. The Morgan fingerprint density at radius 2 is 1.62 bits per heavy atom. The van der Waals surface area contributed by atoms with Crippen molar-refractivity contribution < 1.29 is 13.2 Å². The first-order valence-electron chi connectivity index (χ1n) is 7.85. The Bertz CT molecular complexity index is 843. The summed E-state index contributed by atoms with van der Waals surface area (Å²) >= 11 is 6.27. The van der Waals surface area contributed by atoms with Gasteiger partial charge in [-0.2, -0.15) is 0 Å². The molecule has 0 spiro atoms. The summed E-state index contributed by atoms with van der Waals surface area (Å²) in [5.41, 5.74) is 5.72. The van der Waals surface area contributed by atoms with Gasteiger partial charge in [0.1, 0.15) is 16.5 Å². The summed E-state index contributed by atoms with van der Waals surface area (Å²) in [7, 11) is -0.779. The summed E-state index contributed by atoms with van der Waals surface area (Å²) in [5, 5.41) is 0.614. The Kier molecular flexibility index (Phi) is 5.27. The van der Waals surface area contributed by atoms with Crippen LogP contribution in [0.5, 0.6) is 5.75 Å². The van der Waals surface area contributed by atoms with E-state index < -0.39 is 10.7 Å². The summed E-state index contributed by atoms with van der Waals surface area (Å²) in [6.45, 7) is 0. The Balaban J connectivity index is 1.96. The van der Waals surface area contributed by atoms with Crippen molar-refractivity contribution in [3.63, 3.8) is 0 Å². The quantitative estimate of drug-likeness (QED) is 0.793. The van der Waals surface area contributed by atoms with Crippen molar-refractivity contribution in [1.82, 2.24) is 0 Å². The maximum Gasteiger partial charge on any atom is 0.144 e. The van der Waals surface area contributed by atoms with E-state index >= 15 is 0 Å². The second-order valence-electron chi connectivity index (χ2n) is 5.85. The van der Waals surface area contributed by atoms with Crippen molar-refractivity contribution in [2.45, 2.75) is 25.0 Å². The van der Waals surface area contributed by atoms with Crippen molar-refractivity contribution >= 4 is 33.5 Å². The Morgan fingerprint density at radius 3 is 2.21 bits per heavy atom. The maximum atomic E-state index is 10.8. The fraction of sp³-hybridized carbons (Fsp3) is 0.263. The van der Waals surface area contributed by atoms with Gasteiger partial charge in [-0.3, -0.25) is 0 Å². The number of hydrogen-bond donors (Lipinski definition) is 1.